The number of fused-ring (bicyclic) bond motifs is 1. The van der Waals surface area contributed by atoms with Gasteiger partial charge < -0.3 is 15.0 Å². The van der Waals surface area contributed by atoms with E-state index in [0.29, 0.717) is 0 Å². The van der Waals surface area contributed by atoms with Gasteiger partial charge in [-0.25, -0.2) is 4.98 Å². The Morgan fingerprint density at radius 3 is 2.75 bits per heavy atom. The molecule has 0 saturated carbocycles. The van der Waals surface area contributed by atoms with Crippen molar-refractivity contribution in [3.8, 4) is 5.75 Å². The van der Waals surface area contributed by atoms with Crippen LogP contribution in [0.15, 0.2) is 12.1 Å². The predicted octanol–water partition coefficient (Wildman–Crippen LogP) is 3.71. The van der Waals surface area contributed by atoms with Crippen LogP contribution in [0.4, 0.5) is 5.13 Å². The number of anilines is 1. The summed E-state index contributed by atoms with van der Waals surface area (Å²) < 4.78 is 6.29. The number of benzene rings is 1. The van der Waals surface area contributed by atoms with Crippen LogP contribution in [-0.4, -0.2) is 43.2 Å². The molecule has 110 valence electrons. The summed E-state index contributed by atoms with van der Waals surface area (Å²) in [6.45, 7) is 8.36. The smallest absolute Gasteiger partial charge is 0.184 e. The summed E-state index contributed by atoms with van der Waals surface area (Å²) in [7, 11) is 1.65. The van der Waals surface area contributed by atoms with E-state index in [9.17, 15) is 0 Å². The summed E-state index contributed by atoms with van der Waals surface area (Å²) in [6.07, 6.45) is 0. The van der Waals surface area contributed by atoms with Gasteiger partial charge in [-0.1, -0.05) is 36.8 Å². The van der Waals surface area contributed by atoms with Gasteiger partial charge in [0, 0.05) is 13.1 Å². The van der Waals surface area contributed by atoms with Crippen LogP contribution in [0.1, 0.15) is 13.8 Å². The second-order valence-electron chi connectivity index (χ2n) is 4.40. The molecule has 0 aliphatic heterocycles. The van der Waals surface area contributed by atoms with E-state index < -0.39 is 0 Å². The Hall–Kier alpha value is -1.04. The van der Waals surface area contributed by atoms with Crippen LogP contribution in [-0.2, 0) is 0 Å². The molecule has 0 aliphatic rings. The number of halogens is 1. The van der Waals surface area contributed by atoms with Crippen molar-refractivity contribution in [2.24, 2.45) is 0 Å². The largest absolute Gasteiger partial charge is 0.494 e. The molecule has 4 nitrogen and oxygen atoms in total. The minimum atomic E-state index is 0.718. The zero-order valence-electron chi connectivity index (χ0n) is 12.1. The number of aromatic nitrogens is 1. The molecule has 0 saturated heterocycles. The van der Waals surface area contributed by atoms with Crippen LogP contribution in [0.3, 0.4) is 0 Å². The third-order valence-electron chi connectivity index (χ3n) is 3.28. The molecule has 0 amide bonds. The van der Waals surface area contributed by atoms with Gasteiger partial charge in [-0.2, -0.15) is 0 Å². The molecule has 1 heterocycles. The molecule has 1 aromatic carbocycles. The number of methoxy groups -OCH3 is 1. The van der Waals surface area contributed by atoms with Crippen LogP contribution >= 0.6 is 22.9 Å². The van der Waals surface area contributed by atoms with E-state index >= 15 is 0 Å². The fourth-order valence-electron chi connectivity index (χ4n) is 2.05. The lowest BCUT2D eigenvalue weighted by atomic mass is 10.3. The van der Waals surface area contributed by atoms with Gasteiger partial charge in [0.15, 0.2) is 5.13 Å². The maximum atomic E-state index is 6.21. The van der Waals surface area contributed by atoms with Gasteiger partial charge in [-0.3, -0.25) is 0 Å². The van der Waals surface area contributed by atoms with Gasteiger partial charge in [0.1, 0.15) is 11.3 Å². The normalized spacial score (nSPS) is 11.2. The summed E-state index contributed by atoms with van der Waals surface area (Å²) in [6, 6.07) is 3.70. The Morgan fingerprint density at radius 1 is 1.35 bits per heavy atom. The quantitative estimate of drug-likeness (QED) is 0.845. The molecule has 0 atom stereocenters. The van der Waals surface area contributed by atoms with E-state index in [4.69, 9.17) is 16.3 Å². The first-order valence-electron chi connectivity index (χ1n) is 6.78. The number of likely N-dealkylation sites (N-methyl/N-ethyl adjacent to an activating group) is 1. The fourth-order valence-corrected chi connectivity index (χ4v) is 3.23. The standard InChI is InChI=1S/C14H20ClN3OS/c1-4-18(5-2)9-8-16-14-17-12-11(19-3)7-6-10(15)13(12)20-14/h6-7H,4-5,8-9H2,1-3H3,(H,16,17). The molecule has 0 fully saturated rings. The molecule has 2 aromatic rings. The van der Waals surface area contributed by atoms with Gasteiger partial charge in [-0.05, 0) is 25.2 Å². The Labute approximate surface area is 128 Å². The minimum absolute atomic E-state index is 0.718. The second kappa shape index (κ2) is 7.11. The Kier molecular flexibility index (Phi) is 5.46. The first kappa shape index (κ1) is 15.4. The average molecular weight is 314 g/mol. The van der Waals surface area contributed by atoms with Crippen molar-refractivity contribution in [3.05, 3.63) is 17.2 Å². The maximum absolute atomic E-state index is 6.21. The number of ether oxygens (including phenoxy) is 1. The van der Waals surface area contributed by atoms with E-state index in [1.54, 1.807) is 18.4 Å². The zero-order valence-corrected chi connectivity index (χ0v) is 13.6. The first-order valence-corrected chi connectivity index (χ1v) is 7.98. The Balaban J connectivity index is 2.10. The van der Waals surface area contributed by atoms with E-state index in [1.807, 2.05) is 12.1 Å². The summed E-state index contributed by atoms with van der Waals surface area (Å²) in [5.74, 6) is 0.762. The maximum Gasteiger partial charge on any atom is 0.184 e. The fraction of sp³-hybridized carbons (Fsp3) is 0.500. The van der Waals surface area contributed by atoms with Gasteiger partial charge in [0.25, 0.3) is 0 Å². The van der Waals surface area contributed by atoms with Crippen LogP contribution in [0.2, 0.25) is 5.02 Å². The third-order valence-corrected chi connectivity index (χ3v) is 4.75. The van der Waals surface area contributed by atoms with Gasteiger partial charge in [-0.15, -0.1) is 0 Å². The van der Waals surface area contributed by atoms with Crippen LogP contribution in [0.25, 0.3) is 10.2 Å². The first-order chi connectivity index (χ1) is 9.69. The molecule has 0 radical (unpaired) electrons. The molecule has 6 heteroatoms. The molecule has 20 heavy (non-hydrogen) atoms. The summed E-state index contributed by atoms with van der Waals surface area (Å²) in [5.41, 5.74) is 0.829. The topological polar surface area (TPSA) is 37.4 Å². The lowest BCUT2D eigenvalue weighted by Gasteiger charge is -2.17. The van der Waals surface area contributed by atoms with Crippen LogP contribution in [0.5, 0.6) is 5.75 Å². The van der Waals surface area contributed by atoms with Crippen molar-refractivity contribution < 1.29 is 4.74 Å². The van der Waals surface area contributed by atoms with Crippen molar-refractivity contribution in [1.82, 2.24) is 9.88 Å². The van der Waals surface area contributed by atoms with Gasteiger partial charge in [0.2, 0.25) is 0 Å². The van der Waals surface area contributed by atoms with Gasteiger partial charge in [0.05, 0.1) is 16.8 Å². The van der Waals surface area contributed by atoms with Crippen LogP contribution in [0, 0.1) is 0 Å². The number of thiazole rings is 1. The second-order valence-corrected chi connectivity index (χ2v) is 5.81. The van der Waals surface area contributed by atoms with Crippen molar-refractivity contribution in [2.75, 3.05) is 38.6 Å². The number of rotatable bonds is 7. The molecule has 1 aromatic heterocycles. The minimum Gasteiger partial charge on any atom is -0.494 e. The molecular formula is C14H20ClN3OS. The lowest BCUT2D eigenvalue weighted by Crippen LogP contribution is -2.28. The highest BCUT2D eigenvalue weighted by Crippen LogP contribution is 2.37. The van der Waals surface area contributed by atoms with Crippen molar-refractivity contribution in [2.45, 2.75) is 13.8 Å². The van der Waals surface area contributed by atoms with E-state index in [-0.39, 0.29) is 0 Å². The summed E-state index contributed by atoms with van der Waals surface area (Å²) >= 11 is 7.78. The highest BCUT2D eigenvalue weighted by atomic mass is 35.5. The SMILES string of the molecule is CCN(CC)CCNc1nc2c(OC)ccc(Cl)c2s1. The average Bonchev–Trinajstić information content (AvgIpc) is 2.89. The van der Waals surface area contributed by atoms with Crippen molar-refractivity contribution in [3.63, 3.8) is 0 Å². The molecule has 1 N–H and O–H groups in total. The summed E-state index contributed by atoms with van der Waals surface area (Å²) in [5, 5.41) is 4.97. The highest BCUT2D eigenvalue weighted by molar-refractivity contribution is 7.22. The Morgan fingerprint density at radius 2 is 2.10 bits per heavy atom. The van der Waals surface area contributed by atoms with Crippen molar-refractivity contribution >= 4 is 38.3 Å². The zero-order chi connectivity index (χ0) is 14.5. The molecule has 2 rings (SSSR count). The molecule has 0 bridgehead atoms. The Bertz CT molecular complexity index is 569. The predicted molar refractivity (Wildman–Crippen MR) is 87.5 cm³/mol. The lowest BCUT2D eigenvalue weighted by molar-refractivity contribution is 0.316. The van der Waals surface area contributed by atoms with E-state index in [1.165, 1.54) is 0 Å². The molecule has 0 unspecified atom stereocenters. The monoisotopic (exact) mass is 313 g/mol. The van der Waals surface area contributed by atoms with Crippen molar-refractivity contribution in [1.29, 1.82) is 0 Å². The molecular weight excluding hydrogens is 294 g/mol. The van der Waals surface area contributed by atoms with Gasteiger partial charge >= 0.3 is 0 Å². The number of nitrogens with zero attached hydrogens (tertiary/aromatic N) is 2. The summed E-state index contributed by atoms with van der Waals surface area (Å²) in [4.78, 5) is 6.94. The number of hydrogen-bond acceptors (Lipinski definition) is 5. The van der Waals surface area contributed by atoms with E-state index in [2.05, 4.69) is 29.0 Å². The molecule has 0 aliphatic carbocycles. The van der Waals surface area contributed by atoms with Crippen LogP contribution < -0.4 is 10.1 Å². The highest BCUT2D eigenvalue weighted by Gasteiger charge is 2.12. The number of hydrogen-bond donors (Lipinski definition) is 1. The number of nitrogens with one attached hydrogen (secondary N) is 1. The van der Waals surface area contributed by atoms with E-state index in [0.717, 1.165) is 52.3 Å². The third kappa shape index (κ3) is 3.34. The molecule has 0 spiro atoms.